The average Bonchev–Trinajstić information content (AvgIpc) is 2.43. The minimum Gasteiger partial charge on any atom is -0.103 e. The van der Waals surface area contributed by atoms with Crippen LogP contribution in [0.3, 0.4) is 0 Å². The summed E-state index contributed by atoms with van der Waals surface area (Å²) in [6.07, 6.45) is 11.3. The van der Waals surface area contributed by atoms with E-state index in [0.29, 0.717) is 0 Å². The van der Waals surface area contributed by atoms with Gasteiger partial charge in [-0.25, -0.2) is 0 Å². The summed E-state index contributed by atoms with van der Waals surface area (Å²) in [6.45, 7) is 12.9. The zero-order valence-corrected chi connectivity index (χ0v) is 12.2. The summed E-state index contributed by atoms with van der Waals surface area (Å²) in [5.41, 5.74) is 1.43. The van der Waals surface area contributed by atoms with Crippen LogP contribution in [0.25, 0.3) is 0 Å². The number of rotatable bonds is 5. The van der Waals surface area contributed by atoms with E-state index in [1.807, 2.05) is 32.9 Å². The van der Waals surface area contributed by atoms with Gasteiger partial charge in [0.2, 0.25) is 0 Å². The van der Waals surface area contributed by atoms with Gasteiger partial charge in [0.05, 0.1) is 0 Å². The van der Waals surface area contributed by atoms with E-state index in [0.717, 1.165) is 6.42 Å². The lowest BCUT2D eigenvalue weighted by Crippen LogP contribution is -1.82. The molecule has 0 unspecified atom stereocenters. The Kier molecular flexibility index (Phi) is 18.6. The van der Waals surface area contributed by atoms with E-state index < -0.39 is 0 Å². The predicted molar refractivity (Wildman–Crippen MR) is 85.9 cm³/mol. The third-order valence-electron chi connectivity index (χ3n) is 1.95. The highest BCUT2D eigenvalue weighted by atomic mass is 13.9. The molecule has 0 aromatic heterocycles. The number of allylic oxidation sites excluding steroid dienone is 4. The molecule has 0 saturated heterocycles. The minimum atomic E-state index is 1.14. The number of benzene rings is 1. The monoisotopic (exact) mass is 244 g/mol. The molecule has 0 heteroatoms. The van der Waals surface area contributed by atoms with Crippen molar-refractivity contribution in [1.29, 1.82) is 0 Å². The van der Waals surface area contributed by atoms with Crippen molar-refractivity contribution >= 4 is 0 Å². The van der Waals surface area contributed by atoms with E-state index in [2.05, 4.69) is 49.6 Å². The summed E-state index contributed by atoms with van der Waals surface area (Å²) in [4.78, 5) is 0. The van der Waals surface area contributed by atoms with Gasteiger partial charge in [-0.1, -0.05) is 75.1 Å². The van der Waals surface area contributed by atoms with Crippen molar-refractivity contribution in [3.8, 4) is 0 Å². The standard InChI is InChI=1S/C13H16.C3H6.C2H6/c1-2-3-4-5-7-10-13-11-8-6-9-12-13;1-3-2;1-2/h2-4,6,8-9,11-12H,1,5,7,10H2;3H,1H2,2H3;1-2H3/b4-3+;;. The molecule has 0 atom stereocenters. The molecule has 1 aromatic carbocycles. The Balaban J connectivity index is 0. The number of unbranched alkanes of at least 4 members (excludes halogenated alkanes) is 1. The second-order valence-electron chi connectivity index (χ2n) is 3.45. The van der Waals surface area contributed by atoms with Crippen LogP contribution in [-0.2, 0) is 6.42 Å². The minimum absolute atomic E-state index is 1.14. The van der Waals surface area contributed by atoms with Gasteiger partial charge in [-0.3, -0.25) is 0 Å². The Labute approximate surface area is 114 Å². The molecular formula is C18H28. The van der Waals surface area contributed by atoms with Crippen molar-refractivity contribution in [3.05, 3.63) is 73.4 Å². The van der Waals surface area contributed by atoms with Crippen LogP contribution in [0.5, 0.6) is 0 Å². The fourth-order valence-corrected chi connectivity index (χ4v) is 1.26. The van der Waals surface area contributed by atoms with Crippen molar-refractivity contribution in [2.75, 3.05) is 0 Å². The second-order valence-corrected chi connectivity index (χ2v) is 3.45. The van der Waals surface area contributed by atoms with Gasteiger partial charge in [0.1, 0.15) is 0 Å². The summed E-state index contributed by atoms with van der Waals surface area (Å²) >= 11 is 0. The van der Waals surface area contributed by atoms with Gasteiger partial charge in [-0.05, 0) is 31.7 Å². The zero-order chi connectivity index (χ0) is 14.1. The maximum atomic E-state index is 3.63. The molecule has 0 N–H and O–H groups in total. The molecular weight excluding hydrogens is 216 g/mol. The highest BCUT2D eigenvalue weighted by molar-refractivity contribution is 5.14. The van der Waals surface area contributed by atoms with E-state index in [1.54, 1.807) is 6.08 Å². The van der Waals surface area contributed by atoms with Gasteiger partial charge in [-0.15, -0.1) is 6.58 Å². The molecule has 1 aromatic rings. The summed E-state index contributed by atoms with van der Waals surface area (Å²) < 4.78 is 0. The topological polar surface area (TPSA) is 0 Å². The summed E-state index contributed by atoms with van der Waals surface area (Å²) in [6, 6.07) is 10.6. The molecule has 100 valence electrons. The fourth-order valence-electron chi connectivity index (χ4n) is 1.26. The Morgan fingerprint density at radius 1 is 1.06 bits per heavy atom. The maximum absolute atomic E-state index is 3.63. The summed E-state index contributed by atoms with van der Waals surface area (Å²) in [7, 11) is 0. The number of hydrogen-bond donors (Lipinski definition) is 0. The van der Waals surface area contributed by atoms with Crippen molar-refractivity contribution in [2.45, 2.75) is 40.0 Å². The molecule has 0 spiro atoms. The van der Waals surface area contributed by atoms with E-state index in [1.165, 1.54) is 18.4 Å². The predicted octanol–water partition coefficient (Wildman–Crippen LogP) is 5.97. The van der Waals surface area contributed by atoms with E-state index in [9.17, 15) is 0 Å². The second kappa shape index (κ2) is 17.8. The number of aryl methyl sites for hydroxylation is 1. The van der Waals surface area contributed by atoms with E-state index >= 15 is 0 Å². The van der Waals surface area contributed by atoms with Crippen molar-refractivity contribution in [1.82, 2.24) is 0 Å². The van der Waals surface area contributed by atoms with Gasteiger partial charge < -0.3 is 0 Å². The smallest absolute Gasteiger partial charge is 0.0276 e. The SMILES string of the molecule is C=C/C=C/CCCc1ccccc1.C=CC.CC. The first kappa shape index (κ1) is 18.8. The Morgan fingerprint density at radius 2 is 1.61 bits per heavy atom. The first-order valence-corrected chi connectivity index (χ1v) is 6.73. The molecule has 18 heavy (non-hydrogen) atoms. The van der Waals surface area contributed by atoms with Crippen molar-refractivity contribution in [2.24, 2.45) is 0 Å². The summed E-state index contributed by atoms with van der Waals surface area (Å²) in [5, 5.41) is 0. The Morgan fingerprint density at radius 3 is 2.11 bits per heavy atom. The fraction of sp³-hybridized carbons (Fsp3) is 0.333. The van der Waals surface area contributed by atoms with Gasteiger partial charge in [-0.2, -0.15) is 0 Å². The maximum Gasteiger partial charge on any atom is -0.0276 e. The Hall–Kier alpha value is -1.56. The van der Waals surface area contributed by atoms with Crippen LogP contribution in [0.1, 0.15) is 39.2 Å². The van der Waals surface area contributed by atoms with Crippen LogP contribution < -0.4 is 0 Å². The molecule has 0 nitrogen and oxygen atoms in total. The largest absolute Gasteiger partial charge is 0.103 e. The normalized spacial score (nSPS) is 8.61. The molecule has 0 amide bonds. The van der Waals surface area contributed by atoms with Gasteiger partial charge in [0.25, 0.3) is 0 Å². The molecule has 0 fully saturated rings. The molecule has 0 saturated carbocycles. The molecule has 0 radical (unpaired) electrons. The van der Waals surface area contributed by atoms with Gasteiger partial charge in [0, 0.05) is 0 Å². The van der Waals surface area contributed by atoms with Gasteiger partial charge >= 0.3 is 0 Å². The average molecular weight is 244 g/mol. The van der Waals surface area contributed by atoms with Crippen LogP contribution in [0, 0.1) is 0 Å². The van der Waals surface area contributed by atoms with Crippen molar-refractivity contribution < 1.29 is 0 Å². The number of hydrogen-bond acceptors (Lipinski definition) is 0. The first-order chi connectivity index (χ1) is 8.85. The molecule has 0 heterocycles. The zero-order valence-electron chi connectivity index (χ0n) is 12.2. The highest BCUT2D eigenvalue weighted by Gasteiger charge is 1.88. The Bertz CT molecular complexity index is 293. The molecule has 0 bridgehead atoms. The van der Waals surface area contributed by atoms with Crippen LogP contribution in [0.2, 0.25) is 0 Å². The first-order valence-electron chi connectivity index (χ1n) is 6.73. The van der Waals surface area contributed by atoms with Crippen LogP contribution in [-0.4, -0.2) is 0 Å². The summed E-state index contributed by atoms with van der Waals surface area (Å²) in [5.74, 6) is 0. The molecule has 0 aliphatic carbocycles. The highest BCUT2D eigenvalue weighted by Crippen LogP contribution is 2.04. The van der Waals surface area contributed by atoms with Crippen molar-refractivity contribution in [3.63, 3.8) is 0 Å². The third kappa shape index (κ3) is 14.4. The van der Waals surface area contributed by atoms with Gasteiger partial charge in [0.15, 0.2) is 0 Å². The van der Waals surface area contributed by atoms with E-state index in [-0.39, 0.29) is 0 Å². The lowest BCUT2D eigenvalue weighted by atomic mass is 10.1. The lowest BCUT2D eigenvalue weighted by Gasteiger charge is -1.97. The van der Waals surface area contributed by atoms with E-state index in [4.69, 9.17) is 0 Å². The molecule has 0 aliphatic rings. The third-order valence-corrected chi connectivity index (χ3v) is 1.95. The van der Waals surface area contributed by atoms with Crippen LogP contribution in [0.15, 0.2) is 67.8 Å². The quantitative estimate of drug-likeness (QED) is 0.340. The lowest BCUT2D eigenvalue weighted by molar-refractivity contribution is 0.843. The molecule has 0 aliphatic heterocycles. The van der Waals surface area contributed by atoms with Crippen LogP contribution in [0.4, 0.5) is 0 Å². The molecule has 1 rings (SSSR count). The van der Waals surface area contributed by atoms with Crippen LogP contribution >= 0.6 is 0 Å².